The standard InChI is InChI=1S/C27H38N2O2/c1-4-6-8-10-12-22(3)31-27(30)24-16-20-26(21-17-24)29-28-25-18-14-23(15-19-25)13-11-9-7-5-2/h14-22H,4-13H2,1-3H3. The third kappa shape index (κ3) is 9.91. The van der Waals surface area contributed by atoms with Crippen molar-refractivity contribution in [3.63, 3.8) is 0 Å². The Balaban J connectivity index is 1.80. The maximum Gasteiger partial charge on any atom is 0.338 e. The van der Waals surface area contributed by atoms with Crippen molar-refractivity contribution in [3.05, 3.63) is 59.7 Å². The second kappa shape index (κ2) is 14.5. The Labute approximate surface area is 188 Å². The Morgan fingerprint density at radius 2 is 1.32 bits per heavy atom. The Kier molecular flexibility index (Phi) is 11.6. The highest BCUT2D eigenvalue weighted by Crippen LogP contribution is 2.21. The Hall–Kier alpha value is -2.49. The van der Waals surface area contributed by atoms with Gasteiger partial charge in [0.25, 0.3) is 0 Å². The Bertz CT molecular complexity index is 782. The van der Waals surface area contributed by atoms with Gasteiger partial charge in [0, 0.05) is 0 Å². The van der Waals surface area contributed by atoms with E-state index in [0.29, 0.717) is 11.3 Å². The zero-order chi connectivity index (χ0) is 22.3. The van der Waals surface area contributed by atoms with Gasteiger partial charge in [-0.1, -0.05) is 64.5 Å². The van der Waals surface area contributed by atoms with Crippen molar-refractivity contribution in [1.82, 2.24) is 0 Å². The van der Waals surface area contributed by atoms with E-state index < -0.39 is 0 Å². The summed E-state index contributed by atoms with van der Waals surface area (Å²) in [5.41, 5.74) is 3.44. The van der Waals surface area contributed by atoms with Gasteiger partial charge in [-0.25, -0.2) is 4.79 Å². The summed E-state index contributed by atoms with van der Waals surface area (Å²) in [5.74, 6) is -0.277. The van der Waals surface area contributed by atoms with E-state index >= 15 is 0 Å². The minimum Gasteiger partial charge on any atom is -0.459 e. The predicted molar refractivity (Wildman–Crippen MR) is 129 cm³/mol. The lowest BCUT2D eigenvalue weighted by molar-refractivity contribution is 0.0319. The predicted octanol–water partition coefficient (Wildman–Crippen LogP) is 8.74. The zero-order valence-electron chi connectivity index (χ0n) is 19.5. The number of carbonyl (C=O) groups is 1. The topological polar surface area (TPSA) is 51.0 Å². The van der Waals surface area contributed by atoms with E-state index in [1.165, 1.54) is 50.5 Å². The summed E-state index contributed by atoms with van der Waals surface area (Å²) < 4.78 is 5.55. The van der Waals surface area contributed by atoms with E-state index in [0.717, 1.165) is 24.9 Å². The van der Waals surface area contributed by atoms with Crippen LogP contribution in [0.4, 0.5) is 11.4 Å². The van der Waals surface area contributed by atoms with Crippen molar-refractivity contribution in [2.45, 2.75) is 91.1 Å². The van der Waals surface area contributed by atoms with Gasteiger partial charge in [0.05, 0.1) is 23.0 Å². The SMILES string of the molecule is CCCCCCc1ccc(N=Nc2ccc(C(=O)OC(C)CCCCCC)cc2)cc1. The lowest BCUT2D eigenvalue weighted by Gasteiger charge is -2.13. The van der Waals surface area contributed by atoms with Crippen molar-refractivity contribution in [1.29, 1.82) is 0 Å². The fourth-order valence-electron chi connectivity index (χ4n) is 3.43. The molecule has 31 heavy (non-hydrogen) atoms. The van der Waals surface area contributed by atoms with Crippen molar-refractivity contribution < 1.29 is 9.53 Å². The molecule has 0 aliphatic rings. The van der Waals surface area contributed by atoms with Crippen molar-refractivity contribution in [2.75, 3.05) is 0 Å². The summed E-state index contributed by atoms with van der Waals surface area (Å²) in [6, 6.07) is 15.4. The quantitative estimate of drug-likeness (QED) is 0.173. The van der Waals surface area contributed by atoms with Gasteiger partial charge < -0.3 is 4.74 Å². The van der Waals surface area contributed by atoms with E-state index in [1.807, 2.05) is 19.1 Å². The molecule has 0 N–H and O–H groups in total. The second-order valence-electron chi connectivity index (χ2n) is 8.29. The first-order chi connectivity index (χ1) is 15.1. The summed E-state index contributed by atoms with van der Waals surface area (Å²) in [6.45, 7) is 6.39. The molecule has 0 saturated heterocycles. The molecule has 0 heterocycles. The van der Waals surface area contributed by atoms with Crippen LogP contribution in [0.1, 0.15) is 94.5 Å². The Morgan fingerprint density at radius 1 is 0.774 bits per heavy atom. The van der Waals surface area contributed by atoms with Gasteiger partial charge in [0.1, 0.15) is 0 Å². The van der Waals surface area contributed by atoms with Crippen molar-refractivity contribution in [2.24, 2.45) is 10.2 Å². The van der Waals surface area contributed by atoms with Gasteiger partial charge >= 0.3 is 5.97 Å². The van der Waals surface area contributed by atoms with Crippen LogP contribution in [0.15, 0.2) is 58.8 Å². The number of hydrogen-bond acceptors (Lipinski definition) is 4. The number of nitrogens with zero attached hydrogens (tertiary/aromatic N) is 2. The number of ether oxygens (including phenoxy) is 1. The average Bonchev–Trinajstić information content (AvgIpc) is 2.79. The smallest absolute Gasteiger partial charge is 0.338 e. The molecule has 168 valence electrons. The molecule has 0 radical (unpaired) electrons. The van der Waals surface area contributed by atoms with Gasteiger partial charge in [-0.2, -0.15) is 10.2 Å². The number of aryl methyl sites for hydroxylation is 1. The molecular formula is C27H38N2O2. The van der Waals surface area contributed by atoms with Gasteiger partial charge in [-0.15, -0.1) is 0 Å². The summed E-state index contributed by atoms with van der Waals surface area (Å²) in [5, 5.41) is 8.59. The molecule has 0 aliphatic heterocycles. The molecule has 0 spiro atoms. The second-order valence-corrected chi connectivity index (χ2v) is 8.29. The lowest BCUT2D eigenvalue weighted by Crippen LogP contribution is -2.14. The molecule has 1 atom stereocenters. The summed E-state index contributed by atoms with van der Waals surface area (Å²) >= 11 is 0. The molecule has 0 bridgehead atoms. The molecule has 0 aliphatic carbocycles. The summed E-state index contributed by atoms with van der Waals surface area (Å²) in [6.07, 6.45) is 11.8. The minimum absolute atomic E-state index is 0.0571. The van der Waals surface area contributed by atoms with Gasteiger partial charge in [0.15, 0.2) is 0 Å². The maximum absolute atomic E-state index is 12.3. The largest absolute Gasteiger partial charge is 0.459 e. The molecular weight excluding hydrogens is 384 g/mol. The molecule has 2 aromatic carbocycles. The van der Waals surface area contributed by atoms with Gasteiger partial charge in [0.2, 0.25) is 0 Å². The first-order valence-electron chi connectivity index (χ1n) is 11.9. The summed E-state index contributed by atoms with van der Waals surface area (Å²) in [4.78, 5) is 12.3. The Morgan fingerprint density at radius 3 is 1.90 bits per heavy atom. The van der Waals surface area contributed by atoms with Crippen LogP contribution >= 0.6 is 0 Å². The van der Waals surface area contributed by atoms with Crippen LogP contribution < -0.4 is 0 Å². The van der Waals surface area contributed by atoms with Crippen LogP contribution in [0.25, 0.3) is 0 Å². The highest BCUT2D eigenvalue weighted by molar-refractivity contribution is 5.89. The average molecular weight is 423 g/mol. The van der Waals surface area contributed by atoms with Crippen molar-refractivity contribution in [3.8, 4) is 0 Å². The van der Waals surface area contributed by atoms with Gasteiger partial charge in [-0.3, -0.25) is 0 Å². The monoisotopic (exact) mass is 422 g/mol. The number of esters is 1. The van der Waals surface area contributed by atoms with Crippen molar-refractivity contribution >= 4 is 17.3 Å². The number of carbonyl (C=O) groups excluding carboxylic acids is 1. The first kappa shape index (κ1) is 24.8. The molecule has 4 nitrogen and oxygen atoms in total. The number of hydrogen-bond donors (Lipinski definition) is 0. The van der Waals surface area contributed by atoms with Crippen LogP contribution in [0.3, 0.4) is 0 Å². The third-order valence-electron chi connectivity index (χ3n) is 5.41. The van der Waals surface area contributed by atoms with E-state index in [1.54, 1.807) is 24.3 Å². The van der Waals surface area contributed by atoms with Crippen LogP contribution in [0.5, 0.6) is 0 Å². The van der Waals surface area contributed by atoms with E-state index in [2.05, 4.69) is 36.2 Å². The van der Waals surface area contributed by atoms with Crippen LogP contribution in [0.2, 0.25) is 0 Å². The van der Waals surface area contributed by atoms with Crippen LogP contribution in [-0.4, -0.2) is 12.1 Å². The molecule has 0 amide bonds. The van der Waals surface area contributed by atoms with E-state index in [-0.39, 0.29) is 12.1 Å². The maximum atomic E-state index is 12.3. The van der Waals surface area contributed by atoms with Crippen LogP contribution in [0, 0.1) is 0 Å². The molecule has 2 rings (SSSR count). The highest BCUT2D eigenvalue weighted by Gasteiger charge is 2.11. The fraction of sp³-hybridized carbons (Fsp3) is 0.519. The number of unbranched alkanes of at least 4 members (excludes halogenated alkanes) is 6. The number of azo groups is 1. The first-order valence-corrected chi connectivity index (χ1v) is 11.9. The van der Waals surface area contributed by atoms with Gasteiger partial charge in [-0.05, 0) is 74.6 Å². The molecule has 0 aromatic heterocycles. The number of rotatable bonds is 14. The summed E-state index contributed by atoms with van der Waals surface area (Å²) in [7, 11) is 0. The molecule has 4 heteroatoms. The normalized spacial score (nSPS) is 12.2. The molecule has 0 saturated carbocycles. The minimum atomic E-state index is -0.277. The fourth-order valence-corrected chi connectivity index (χ4v) is 3.43. The van der Waals surface area contributed by atoms with Crippen LogP contribution in [-0.2, 0) is 11.2 Å². The highest BCUT2D eigenvalue weighted by atomic mass is 16.5. The number of benzene rings is 2. The van der Waals surface area contributed by atoms with E-state index in [9.17, 15) is 4.79 Å². The molecule has 1 unspecified atom stereocenters. The molecule has 2 aromatic rings. The lowest BCUT2D eigenvalue weighted by atomic mass is 10.1. The molecule has 0 fully saturated rings. The zero-order valence-corrected chi connectivity index (χ0v) is 19.5. The van der Waals surface area contributed by atoms with E-state index in [4.69, 9.17) is 4.74 Å². The third-order valence-corrected chi connectivity index (χ3v) is 5.41.